The molecule has 0 saturated heterocycles. The fourth-order valence-electron chi connectivity index (χ4n) is 0. The first-order chi connectivity index (χ1) is 1.91. The highest BCUT2D eigenvalue weighted by Gasteiger charge is 1.29. The summed E-state index contributed by atoms with van der Waals surface area (Å²) in [4.78, 5) is 0. The number of hydrogen-bond donors (Lipinski definition) is 0. The lowest BCUT2D eigenvalue weighted by atomic mass is 10.6. The Morgan fingerprint density at radius 3 is 1.20 bits per heavy atom. The average molecular weight is 71.1 g/mol. The van der Waals surface area contributed by atoms with Gasteiger partial charge in [0.2, 0.25) is 0 Å². The molecular formula is C4H7O-. The molecule has 0 radical (unpaired) electrons. The lowest BCUT2D eigenvalue weighted by Gasteiger charge is -1.44. The van der Waals surface area contributed by atoms with Crippen LogP contribution in [-0.2, 0) is 0 Å². The van der Waals surface area contributed by atoms with E-state index in [2.05, 4.69) is 13.2 Å². The van der Waals surface area contributed by atoms with Gasteiger partial charge in [0.25, 0.3) is 0 Å². The third-order valence-corrected chi connectivity index (χ3v) is 0.167. The number of allylic oxidation sites excluding steroid dienone is 2. The standard InChI is InChI=1S/C4H6.H2O/c1-3-4-2;/h3-4H,1-2H2;1H2/p-1. The fourth-order valence-corrected chi connectivity index (χ4v) is 0. The third kappa shape index (κ3) is 36.8. The molecule has 1 heteroatoms. The van der Waals surface area contributed by atoms with Crippen LogP contribution in [0, 0.1) is 0 Å². The Kier molecular flexibility index (Phi) is 17.4. The maximum absolute atomic E-state index is 3.36. The zero-order chi connectivity index (χ0) is 3.41. The van der Waals surface area contributed by atoms with E-state index in [-0.39, 0.29) is 5.48 Å². The first-order valence-corrected chi connectivity index (χ1v) is 1.15. The monoisotopic (exact) mass is 71.1 g/mol. The normalized spacial score (nSPS) is 4.00. The van der Waals surface area contributed by atoms with Gasteiger partial charge in [-0.2, -0.15) is 0 Å². The van der Waals surface area contributed by atoms with Gasteiger partial charge in [0.15, 0.2) is 0 Å². The molecule has 0 aliphatic heterocycles. The van der Waals surface area contributed by atoms with Gasteiger partial charge in [-0.15, -0.1) is 0 Å². The minimum Gasteiger partial charge on any atom is -0.870 e. The third-order valence-electron chi connectivity index (χ3n) is 0.167. The second-order valence-electron chi connectivity index (χ2n) is 0.471. The van der Waals surface area contributed by atoms with Crippen molar-refractivity contribution < 1.29 is 5.48 Å². The van der Waals surface area contributed by atoms with Crippen LogP contribution in [0.5, 0.6) is 0 Å². The second-order valence-corrected chi connectivity index (χ2v) is 0.471. The van der Waals surface area contributed by atoms with Gasteiger partial charge in [-0.1, -0.05) is 25.3 Å². The van der Waals surface area contributed by atoms with Gasteiger partial charge >= 0.3 is 0 Å². The van der Waals surface area contributed by atoms with E-state index in [0.717, 1.165) is 0 Å². The van der Waals surface area contributed by atoms with Crippen LogP contribution in [0.1, 0.15) is 0 Å². The quantitative estimate of drug-likeness (QED) is 0.427. The van der Waals surface area contributed by atoms with Crippen LogP contribution in [0.4, 0.5) is 0 Å². The Bertz CT molecular complexity index is 24.6. The molecule has 0 spiro atoms. The molecule has 1 nitrogen and oxygen atoms in total. The van der Waals surface area contributed by atoms with Crippen molar-refractivity contribution in [1.29, 1.82) is 0 Å². The van der Waals surface area contributed by atoms with Crippen LogP contribution >= 0.6 is 0 Å². The van der Waals surface area contributed by atoms with Gasteiger partial charge in [0.05, 0.1) is 0 Å². The summed E-state index contributed by atoms with van der Waals surface area (Å²) in [7, 11) is 0. The van der Waals surface area contributed by atoms with Crippen LogP contribution in [0.25, 0.3) is 0 Å². The minimum atomic E-state index is 0. The summed E-state index contributed by atoms with van der Waals surface area (Å²) < 4.78 is 0. The predicted octanol–water partition coefficient (Wildman–Crippen LogP) is 1.18. The Morgan fingerprint density at radius 2 is 1.20 bits per heavy atom. The van der Waals surface area contributed by atoms with Gasteiger partial charge in [-0.3, -0.25) is 0 Å². The second kappa shape index (κ2) is 9.88. The van der Waals surface area contributed by atoms with Gasteiger partial charge < -0.3 is 5.48 Å². The number of rotatable bonds is 1. The summed E-state index contributed by atoms with van der Waals surface area (Å²) in [5, 5.41) is 0. The van der Waals surface area contributed by atoms with Crippen LogP contribution in [-0.4, -0.2) is 5.48 Å². The topological polar surface area (TPSA) is 30.0 Å². The molecule has 0 rings (SSSR count). The summed E-state index contributed by atoms with van der Waals surface area (Å²) in [6, 6.07) is 0. The van der Waals surface area contributed by atoms with E-state index in [4.69, 9.17) is 0 Å². The first kappa shape index (κ1) is 8.83. The lowest BCUT2D eigenvalue weighted by Crippen LogP contribution is -1.21. The van der Waals surface area contributed by atoms with E-state index in [0.29, 0.717) is 0 Å². The molecule has 0 amide bonds. The summed E-state index contributed by atoms with van der Waals surface area (Å²) in [5.41, 5.74) is 0. The van der Waals surface area contributed by atoms with Gasteiger partial charge in [0, 0.05) is 0 Å². The predicted molar refractivity (Wildman–Crippen MR) is 22.3 cm³/mol. The largest absolute Gasteiger partial charge is 0.870 e. The summed E-state index contributed by atoms with van der Waals surface area (Å²) in [6.07, 6.45) is 3.28. The van der Waals surface area contributed by atoms with Crippen molar-refractivity contribution >= 4 is 0 Å². The maximum Gasteiger partial charge on any atom is -0.0701 e. The molecule has 0 bridgehead atoms. The Labute approximate surface area is 31.9 Å². The smallest absolute Gasteiger partial charge is 0.0701 e. The molecule has 0 unspecified atom stereocenters. The molecule has 0 atom stereocenters. The molecule has 0 aliphatic carbocycles. The van der Waals surface area contributed by atoms with E-state index in [9.17, 15) is 0 Å². The van der Waals surface area contributed by atoms with Gasteiger partial charge in [0.1, 0.15) is 0 Å². The lowest BCUT2D eigenvalue weighted by molar-refractivity contribution is 0.824. The summed E-state index contributed by atoms with van der Waals surface area (Å²) in [5.74, 6) is 0. The summed E-state index contributed by atoms with van der Waals surface area (Å²) in [6.45, 7) is 6.72. The van der Waals surface area contributed by atoms with Crippen molar-refractivity contribution in [3.05, 3.63) is 25.3 Å². The molecule has 0 fully saturated rings. The van der Waals surface area contributed by atoms with E-state index in [1.807, 2.05) is 0 Å². The highest BCUT2D eigenvalue weighted by atomic mass is 16.0. The van der Waals surface area contributed by atoms with Crippen molar-refractivity contribution in [3.63, 3.8) is 0 Å². The molecule has 5 heavy (non-hydrogen) atoms. The zero-order valence-corrected chi connectivity index (χ0v) is 3.02. The Balaban J connectivity index is 0. The molecule has 0 saturated carbocycles. The molecule has 0 aromatic heterocycles. The Hall–Kier alpha value is -0.560. The van der Waals surface area contributed by atoms with E-state index < -0.39 is 0 Å². The van der Waals surface area contributed by atoms with Crippen LogP contribution < -0.4 is 0 Å². The van der Waals surface area contributed by atoms with Gasteiger partial charge in [-0.05, 0) is 0 Å². The molecule has 0 heterocycles. The highest BCUT2D eigenvalue weighted by Crippen LogP contribution is 1.52. The van der Waals surface area contributed by atoms with E-state index in [1.165, 1.54) is 0 Å². The van der Waals surface area contributed by atoms with Gasteiger partial charge in [-0.25, -0.2) is 0 Å². The molecule has 0 aromatic rings. The zero-order valence-electron chi connectivity index (χ0n) is 3.02. The fraction of sp³-hybridized carbons (Fsp3) is 0. The SMILES string of the molecule is C=CC=C.[OH-]. The van der Waals surface area contributed by atoms with E-state index in [1.54, 1.807) is 12.2 Å². The number of hydrogen-bond acceptors (Lipinski definition) is 1. The van der Waals surface area contributed by atoms with Crippen molar-refractivity contribution in [2.75, 3.05) is 0 Å². The summed E-state index contributed by atoms with van der Waals surface area (Å²) >= 11 is 0. The average Bonchev–Trinajstić information content (AvgIpc) is 1.37. The van der Waals surface area contributed by atoms with Crippen molar-refractivity contribution in [3.8, 4) is 0 Å². The minimum absolute atomic E-state index is 0. The molecule has 0 aromatic carbocycles. The van der Waals surface area contributed by atoms with Crippen LogP contribution in [0.3, 0.4) is 0 Å². The molecular weight excluding hydrogens is 64.0 g/mol. The molecule has 0 aliphatic rings. The van der Waals surface area contributed by atoms with Crippen molar-refractivity contribution in [2.45, 2.75) is 0 Å². The molecule has 1 N–H and O–H groups in total. The van der Waals surface area contributed by atoms with Crippen molar-refractivity contribution in [2.24, 2.45) is 0 Å². The van der Waals surface area contributed by atoms with Crippen LogP contribution in [0.15, 0.2) is 25.3 Å². The Morgan fingerprint density at radius 1 is 1.00 bits per heavy atom. The van der Waals surface area contributed by atoms with Crippen molar-refractivity contribution in [1.82, 2.24) is 0 Å². The first-order valence-electron chi connectivity index (χ1n) is 1.15. The van der Waals surface area contributed by atoms with E-state index >= 15 is 0 Å². The highest BCUT2D eigenvalue weighted by molar-refractivity contribution is 4.88. The van der Waals surface area contributed by atoms with Crippen LogP contribution in [0.2, 0.25) is 0 Å². The maximum atomic E-state index is 3.36. The molecule has 30 valence electrons.